The van der Waals surface area contributed by atoms with Gasteiger partial charge in [-0.25, -0.2) is 0 Å². The van der Waals surface area contributed by atoms with Crippen molar-refractivity contribution in [3.8, 4) is 11.3 Å². The van der Waals surface area contributed by atoms with Crippen LogP contribution in [0.25, 0.3) is 11.3 Å². The predicted octanol–water partition coefficient (Wildman–Crippen LogP) is 3.19. The molecule has 3 heteroatoms. The molecule has 1 aromatic carbocycles. The molecule has 2 aromatic rings. The number of hydrogen-bond donors (Lipinski definition) is 0. The molecule has 0 atom stereocenters. The third-order valence-corrected chi connectivity index (χ3v) is 2.85. The summed E-state index contributed by atoms with van der Waals surface area (Å²) in [6, 6.07) is 12.9. The van der Waals surface area contributed by atoms with Gasteiger partial charge >= 0.3 is 0 Å². The first-order chi connectivity index (χ1) is 8.58. The smallest absolute Gasteiger partial charge is 0.0926 e. The van der Waals surface area contributed by atoms with Gasteiger partial charge < -0.3 is 4.90 Å². The molecule has 0 saturated carbocycles. The molecule has 0 amide bonds. The minimum atomic E-state index is 0.386. The van der Waals surface area contributed by atoms with E-state index in [-0.39, 0.29) is 0 Å². The van der Waals surface area contributed by atoms with E-state index in [0.717, 1.165) is 12.2 Å². The van der Waals surface area contributed by atoms with Crippen molar-refractivity contribution in [2.75, 3.05) is 14.1 Å². The minimum absolute atomic E-state index is 0.386. The molecule has 3 nitrogen and oxygen atoms in total. The highest BCUT2D eigenvalue weighted by atomic mass is 15.3. The van der Waals surface area contributed by atoms with Gasteiger partial charge in [0.15, 0.2) is 0 Å². The van der Waals surface area contributed by atoms with Crippen LogP contribution in [0.4, 0.5) is 0 Å². The van der Waals surface area contributed by atoms with E-state index in [1.807, 2.05) is 6.07 Å². The second-order valence-corrected chi connectivity index (χ2v) is 5.16. The van der Waals surface area contributed by atoms with E-state index in [2.05, 4.69) is 67.9 Å². The second kappa shape index (κ2) is 5.36. The van der Waals surface area contributed by atoms with E-state index >= 15 is 0 Å². The average molecular weight is 243 g/mol. The molecule has 0 spiro atoms. The van der Waals surface area contributed by atoms with E-state index in [1.54, 1.807) is 0 Å². The fourth-order valence-electron chi connectivity index (χ4n) is 2.07. The highest BCUT2D eigenvalue weighted by Crippen LogP contribution is 2.21. The normalized spacial score (nSPS) is 11.4. The van der Waals surface area contributed by atoms with Crippen molar-refractivity contribution in [2.24, 2.45) is 0 Å². The zero-order valence-electron chi connectivity index (χ0n) is 11.6. The zero-order chi connectivity index (χ0) is 13.1. The lowest BCUT2D eigenvalue weighted by Crippen LogP contribution is -2.16. The molecule has 0 fully saturated rings. The van der Waals surface area contributed by atoms with Gasteiger partial charge in [-0.15, -0.1) is 0 Å². The van der Waals surface area contributed by atoms with Gasteiger partial charge in [0.1, 0.15) is 0 Å². The predicted molar refractivity (Wildman–Crippen MR) is 75.4 cm³/mol. The van der Waals surface area contributed by atoms with Crippen LogP contribution in [-0.4, -0.2) is 28.8 Å². The monoisotopic (exact) mass is 243 g/mol. The number of rotatable bonds is 4. The molecule has 0 unspecified atom stereocenters. The maximum absolute atomic E-state index is 4.72. The Morgan fingerprint density at radius 1 is 1.17 bits per heavy atom. The summed E-state index contributed by atoms with van der Waals surface area (Å²) in [4.78, 5) is 2.17. The van der Waals surface area contributed by atoms with Crippen molar-refractivity contribution >= 4 is 0 Å². The van der Waals surface area contributed by atoms with Crippen molar-refractivity contribution in [2.45, 2.75) is 26.4 Å². The summed E-state index contributed by atoms with van der Waals surface area (Å²) in [6.07, 6.45) is 0. The Labute approximate surface area is 109 Å². The summed E-state index contributed by atoms with van der Waals surface area (Å²) in [5, 5.41) is 4.72. The summed E-state index contributed by atoms with van der Waals surface area (Å²) in [6.45, 7) is 5.25. The third kappa shape index (κ3) is 2.79. The Hall–Kier alpha value is -1.61. The standard InChI is InChI=1S/C15H21N3/c1-12(2)18-14(11-17(3)4)10-15(16-18)13-8-6-5-7-9-13/h5-10,12H,11H2,1-4H3. The lowest BCUT2D eigenvalue weighted by atomic mass is 10.1. The summed E-state index contributed by atoms with van der Waals surface area (Å²) in [5.41, 5.74) is 3.49. The van der Waals surface area contributed by atoms with Crippen molar-refractivity contribution in [3.63, 3.8) is 0 Å². The Bertz CT molecular complexity index is 498. The first-order valence-corrected chi connectivity index (χ1v) is 6.36. The van der Waals surface area contributed by atoms with E-state index in [4.69, 9.17) is 5.10 Å². The maximum Gasteiger partial charge on any atom is 0.0926 e. The van der Waals surface area contributed by atoms with Crippen molar-refractivity contribution in [1.29, 1.82) is 0 Å². The van der Waals surface area contributed by atoms with E-state index in [1.165, 1.54) is 11.3 Å². The summed E-state index contributed by atoms with van der Waals surface area (Å²) in [7, 11) is 4.17. The van der Waals surface area contributed by atoms with Crippen LogP contribution < -0.4 is 0 Å². The molecule has 0 aliphatic heterocycles. The zero-order valence-corrected chi connectivity index (χ0v) is 11.6. The summed E-state index contributed by atoms with van der Waals surface area (Å²) >= 11 is 0. The highest BCUT2D eigenvalue weighted by molar-refractivity contribution is 5.59. The lowest BCUT2D eigenvalue weighted by molar-refractivity contribution is 0.373. The van der Waals surface area contributed by atoms with Crippen LogP contribution in [0.1, 0.15) is 25.6 Å². The van der Waals surface area contributed by atoms with Crippen molar-refractivity contribution in [1.82, 2.24) is 14.7 Å². The maximum atomic E-state index is 4.72. The van der Waals surface area contributed by atoms with Gasteiger partial charge in [-0.3, -0.25) is 4.68 Å². The third-order valence-electron chi connectivity index (χ3n) is 2.85. The van der Waals surface area contributed by atoms with Crippen LogP contribution >= 0.6 is 0 Å². The van der Waals surface area contributed by atoms with Gasteiger partial charge in [-0.05, 0) is 34.0 Å². The Morgan fingerprint density at radius 2 is 1.83 bits per heavy atom. The highest BCUT2D eigenvalue weighted by Gasteiger charge is 2.12. The first kappa shape index (κ1) is 12.8. The van der Waals surface area contributed by atoms with Gasteiger partial charge in [0.05, 0.1) is 11.4 Å². The topological polar surface area (TPSA) is 21.1 Å². The number of nitrogens with zero attached hydrogens (tertiary/aromatic N) is 3. The molecule has 0 aliphatic carbocycles. The van der Waals surface area contributed by atoms with Crippen LogP contribution in [0.2, 0.25) is 0 Å². The van der Waals surface area contributed by atoms with E-state index in [0.29, 0.717) is 6.04 Å². The van der Waals surface area contributed by atoms with E-state index < -0.39 is 0 Å². The summed E-state index contributed by atoms with van der Waals surface area (Å²) < 4.78 is 2.11. The van der Waals surface area contributed by atoms with Gasteiger partial charge in [0, 0.05) is 18.2 Å². The molecule has 0 N–H and O–H groups in total. The molecular formula is C15H21N3. The second-order valence-electron chi connectivity index (χ2n) is 5.16. The Balaban J connectivity index is 2.39. The molecular weight excluding hydrogens is 222 g/mol. The number of benzene rings is 1. The minimum Gasteiger partial charge on any atom is -0.304 e. The lowest BCUT2D eigenvalue weighted by Gasteiger charge is -2.14. The largest absolute Gasteiger partial charge is 0.304 e. The van der Waals surface area contributed by atoms with Crippen LogP contribution in [0.5, 0.6) is 0 Å². The first-order valence-electron chi connectivity index (χ1n) is 6.36. The van der Waals surface area contributed by atoms with Gasteiger partial charge in [0.2, 0.25) is 0 Å². The molecule has 0 radical (unpaired) electrons. The van der Waals surface area contributed by atoms with E-state index in [9.17, 15) is 0 Å². The number of hydrogen-bond acceptors (Lipinski definition) is 2. The molecule has 0 aliphatic rings. The Morgan fingerprint density at radius 3 is 2.39 bits per heavy atom. The Kier molecular flexibility index (Phi) is 3.82. The molecule has 1 heterocycles. The van der Waals surface area contributed by atoms with Gasteiger partial charge in [0.25, 0.3) is 0 Å². The molecule has 2 rings (SSSR count). The van der Waals surface area contributed by atoms with Crippen molar-refractivity contribution < 1.29 is 0 Å². The quantitative estimate of drug-likeness (QED) is 0.822. The average Bonchev–Trinajstić information content (AvgIpc) is 2.73. The molecule has 18 heavy (non-hydrogen) atoms. The van der Waals surface area contributed by atoms with Gasteiger partial charge in [-0.1, -0.05) is 30.3 Å². The summed E-state index contributed by atoms with van der Waals surface area (Å²) in [5.74, 6) is 0. The van der Waals surface area contributed by atoms with Crippen LogP contribution in [0, 0.1) is 0 Å². The van der Waals surface area contributed by atoms with Crippen LogP contribution in [0.15, 0.2) is 36.4 Å². The SMILES string of the molecule is CC(C)n1nc(-c2ccccc2)cc1CN(C)C. The van der Waals surface area contributed by atoms with Gasteiger partial charge in [-0.2, -0.15) is 5.10 Å². The van der Waals surface area contributed by atoms with Crippen LogP contribution in [0.3, 0.4) is 0 Å². The number of aromatic nitrogens is 2. The molecule has 0 bridgehead atoms. The fraction of sp³-hybridized carbons (Fsp3) is 0.400. The molecule has 96 valence electrons. The fourth-order valence-corrected chi connectivity index (χ4v) is 2.07. The molecule has 1 aromatic heterocycles. The van der Waals surface area contributed by atoms with Crippen LogP contribution in [-0.2, 0) is 6.54 Å². The molecule has 0 saturated heterocycles. The van der Waals surface area contributed by atoms with Crippen molar-refractivity contribution in [3.05, 3.63) is 42.1 Å².